The first-order valence-electron chi connectivity index (χ1n) is 6.65. The van der Waals surface area contributed by atoms with Gasteiger partial charge in [-0.2, -0.15) is 4.89 Å². The van der Waals surface area contributed by atoms with E-state index in [9.17, 15) is 4.79 Å². The molecule has 0 aliphatic heterocycles. The van der Waals surface area contributed by atoms with E-state index in [1.54, 1.807) is 0 Å². The van der Waals surface area contributed by atoms with Gasteiger partial charge in [0.25, 0.3) is 0 Å². The van der Waals surface area contributed by atoms with Crippen LogP contribution < -0.4 is 0 Å². The third kappa shape index (κ3) is 6.67. The van der Waals surface area contributed by atoms with E-state index in [4.69, 9.17) is 9.78 Å². The molecule has 0 saturated carbocycles. The zero-order chi connectivity index (χ0) is 13.5. The van der Waals surface area contributed by atoms with Gasteiger partial charge in [0.15, 0.2) is 0 Å². The Labute approximate surface area is 106 Å². The summed E-state index contributed by atoms with van der Waals surface area (Å²) in [5.74, 6) is -0.244. The van der Waals surface area contributed by atoms with E-state index < -0.39 is 11.0 Å². The summed E-state index contributed by atoms with van der Waals surface area (Å²) in [7, 11) is 0. The van der Waals surface area contributed by atoms with Gasteiger partial charge in [-0.05, 0) is 40.5 Å². The minimum absolute atomic E-state index is 0.244. The average molecular weight is 244 g/mol. The number of hydrogen-bond acceptors (Lipinski definition) is 3. The molecule has 0 aliphatic rings. The molecule has 0 rings (SSSR count). The van der Waals surface area contributed by atoms with Crippen LogP contribution >= 0.6 is 0 Å². The molecule has 0 amide bonds. The van der Waals surface area contributed by atoms with Gasteiger partial charge in [-0.3, -0.25) is 4.89 Å². The van der Waals surface area contributed by atoms with Gasteiger partial charge in [0, 0.05) is 0 Å². The van der Waals surface area contributed by atoms with Gasteiger partial charge in [-0.15, -0.1) is 0 Å². The molecule has 0 saturated heterocycles. The number of carbonyl (C=O) groups excluding carboxylic acids is 1. The van der Waals surface area contributed by atoms with Crippen LogP contribution in [0.15, 0.2) is 0 Å². The Hall–Kier alpha value is -0.570. The second-order valence-corrected chi connectivity index (χ2v) is 5.94. The van der Waals surface area contributed by atoms with Crippen LogP contribution in [0.25, 0.3) is 0 Å². The normalized spacial score (nSPS) is 15.4. The molecule has 1 atom stereocenters. The van der Waals surface area contributed by atoms with Crippen LogP contribution in [0.3, 0.4) is 0 Å². The Morgan fingerprint density at radius 2 is 1.65 bits per heavy atom. The van der Waals surface area contributed by atoms with Gasteiger partial charge in [0.2, 0.25) is 0 Å². The number of rotatable bonds is 7. The molecule has 0 heterocycles. The lowest BCUT2D eigenvalue weighted by Gasteiger charge is -2.26. The van der Waals surface area contributed by atoms with Crippen LogP contribution in [-0.2, 0) is 14.6 Å². The van der Waals surface area contributed by atoms with E-state index in [-0.39, 0.29) is 5.97 Å². The highest BCUT2D eigenvalue weighted by Gasteiger charge is 2.34. The lowest BCUT2D eigenvalue weighted by molar-refractivity contribution is -0.326. The fourth-order valence-electron chi connectivity index (χ4n) is 1.45. The predicted octanol–water partition coefficient (Wildman–Crippen LogP) is 4.26. The predicted molar refractivity (Wildman–Crippen MR) is 69.5 cm³/mol. The molecule has 0 bridgehead atoms. The summed E-state index contributed by atoms with van der Waals surface area (Å²) in [5, 5.41) is 0. The summed E-state index contributed by atoms with van der Waals surface area (Å²) in [5.41, 5.74) is -0.867. The monoisotopic (exact) mass is 244 g/mol. The minimum atomic E-state index is -0.451. The number of unbranched alkanes of at least 4 members (excludes halogenated alkanes) is 2. The molecule has 0 fully saturated rings. The smallest absolute Gasteiger partial charge is 0.297 e. The number of hydrogen-bond donors (Lipinski definition) is 0. The van der Waals surface area contributed by atoms with Crippen LogP contribution in [0.1, 0.15) is 73.6 Å². The van der Waals surface area contributed by atoms with Crippen LogP contribution in [0.2, 0.25) is 0 Å². The maximum absolute atomic E-state index is 12.0. The first-order valence-corrected chi connectivity index (χ1v) is 6.65. The SMILES string of the molecule is CCCCCC(C)(CC)C(=O)OOC(C)(C)C. The van der Waals surface area contributed by atoms with E-state index in [0.29, 0.717) is 0 Å². The van der Waals surface area contributed by atoms with Crippen molar-refractivity contribution >= 4 is 5.97 Å². The molecular weight excluding hydrogens is 216 g/mol. The third-order valence-corrected chi connectivity index (χ3v) is 2.97. The molecule has 0 aromatic rings. The Balaban J connectivity index is 4.27. The standard InChI is InChI=1S/C14H28O3/c1-7-9-10-11-14(6,8-2)12(15)16-17-13(3,4)5/h7-11H2,1-6H3. The molecule has 0 spiro atoms. The number of carbonyl (C=O) groups is 1. The zero-order valence-corrected chi connectivity index (χ0v) is 12.3. The van der Waals surface area contributed by atoms with Crippen molar-refractivity contribution in [3.8, 4) is 0 Å². The van der Waals surface area contributed by atoms with Crippen molar-refractivity contribution in [2.75, 3.05) is 0 Å². The molecule has 3 nitrogen and oxygen atoms in total. The first-order chi connectivity index (χ1) is 7.75. The second kappa shape index (κ2) is 7.00. The fourth-order valence-corrected chi connectivity index (χ4v) is 1.45. The Kier molecular flexibility index (Phi) is 6.76. The van der Waals surface area contributed by atoms with Crippen LogP contribution in [0, 0.1) is 5.41 Å². The summed E-state index contributed by atoms with van der Waals surface area (Å²) in [4.78, 5) is 22.0. The highest BCUT2D eigenvalue weighted by molar-refractivity contribution is 5.75. The Morgan fingerprint density at radius 3 is 2.06 bits per heavy atom. The molecule has 0 N–H and O–H groups in total. The van der Waals surface area contributed by atoms with Gasteiger partial charge in [0.05, 0.1) is 5.41 Å². The molecule has 17 heavy (non-hydrogen) atoms. The van der Waals surface area contributed by atoms with E-state index in [2.05, 4.69) is 6.92 Å². The van der Waals surface area contributed by atoms with Crippen molar-refractivity contribution in [1.29, 1.82) is 0 Å². The quantitative estimate of drug-likeness (QED) is 0.381. The van der Waals surface area contributed by atoms with Gasteiger partial charge in [0.1, 0.15) is 5.60 Å². The maximum Gasteiger partial charge on any atom is 0.348 e. The maximum atomic E-state index is 12.0. The first kappa shape index (κ1) is 16.4. The largest absolute Gasteiger partial charge is 0.348 e. The molecule has 1 unspecified atom stereocenters. The zero-order valence-electron chi connectivity index (χ0n) is 12.3. The summed E-state index contributed by atoms with van der Waals surface area (Å²) < 4.78 is 0. The van der Waals surface area contributed by atoms with Crippen molar-refractivity contribution in [2.45, 2.75) is 79.2 Å². The van der Waals surface area contributed by atoms with E-state index in [1.165, 1.54) is 0 Å². The Bertz CT molecular complexity index is 230. The van der Waals surface area contributed by atoms with Crippen LogP contribution in [-0.4, -0.2) is 11.6 Å². The van der Waals surface area contributed by atoms with Crippen LogP contribution in [0.4, 0.5) is 0 Å². The molecular formula is C14H28O3. The highest BCUT2D eigenvalue weighted by Crippen LogP contribution is 2.30. The molecule has 102 valence electrons. The molecule has 0 radical (unpaired) electrons. The second-order valence-electron chi connectivity index (χ2n) is 5.94. The van der Waals surface area contributed by atoms with Gasteiger partial charge < -0.3 is 0 Å². The lowest BCUT2D eigenvalue weighted by atomic mass is 9.82. The summed E-state index contributed by atoms with van der Waals surface area (Å²) in [6, 6.07) is 0. The van der Waals surface area contributed by atoms with E-state index in [1.807, 2.05) is 34.6 Å². The van der Waals surface area contributed by atoms with E-state index in [0.717, 1.165) is 32.1 Å². The van der Waals surface area contributed by atoms with Crippen molar-refractivity contribution < 1.29 is 14.6 Å². The highest BCUT2D eigenvalue weighted by atomic mass is 17.2. The fraction of sp³-hybridized carbons (Fsp3) is 0.929. The summed E-state index contributed by atoms with van der Waals surface area (Å²) in [6.45, 7) is 11.7. The van der Waals surface area contributed by atoms with Gasteiger partial charge in [-0.1, -0.05) is 33.1 Å². The molecule has 3 heteroatoms. The molecule has 0 aromatic carbocycles. The third-order valence-electron chi connectivity index (χ3n) is 2.97. The van der Waals surface area contributed by atoms with E-state index >= 15 is 0 Å². The average Bonchev–Trinajstić information content (AvgIpc) is 2.25. The van der Waals surface area contributed by atoms with Crippen molar-refractivity contribution in [3.05, 3.63) is 0 Å². The Morgan fingerprint density at radius 1 is 1.06 bits per heavy atom. The molecule has 0 aliphatic carbocycles. The van der Waals surface area contributed by atoms with Gasteiger partial charge in [-0.25, -0.2) is 4.79 Å². The lowest BCUT2D eigenvalue weighted by Crippen LogP contribution is -2.32. The van der Waals surface area contributed by atoms with Crippen LogP contribution in [0.5, 0.6) is 0 Å². The summed E-state index contributed by atoms with van der Waals surface area (Å²) >= 11 is 0. The molecule has 0 aromatic heterocycles. The van der Waals surface area contributed by atoms with Crippen molar-refractivity contribution in [2.24, 2.45) is 5.41 Å². The topological polar surface area (TPSA) is 35.5 Å². The van der Waals surface area contributed by atoms with Crippen molar-refractivity contribution in [3.63, 3.8) is 0 Å². The van der Waals surface area contributed by atoms with Gasteiger partial charge >= 0.3 is 5.97 Å². The summed E-state index contributed by atoms with van der Waals surface area (Å²) in [6.07, 6.45) is 5.02. The minimum Gasteiger partial charge on any atom is -0.297 e. The van der Waals surface area contributed by atoms with Crippen molar-refractivity contribution in [1.82, 2.24) is 0 Å².